The van der Waals surface area contributed by atoms with E-state index in [2.05, 4.69) is 26.0 Å². The number of carbonyl (C=O) groups excluding carboxylic acids is 2. The van der Waals surface area contributed by atoms with Crippen LogP contribution in [0.3, 0.4) is 0 Å². The topological polar surface area (TPSA) is 37.4 Å². The van der Waals surface area contributed by atoms with Crippen molar-refractivity contribution in [3.63, 3.8) is 0 Å². The third-order valence-electron chi connectivity index (χ3n) is 4.22. The van der Waals surface area contributed by atoms with Crippen LogP contribution in [0, 0.1) is 13.8 Å². The van der Waals surface area contributed by atoms with Gasteiger partial charge in [0.1, 0.15) is 0 Å². The Hall–Kier alpha value is -1.76. The Morgan fingerprint density at radius 3 is 1.52 bits per heavy atom. The molecule has 128 valence electrons. The smallest absolute Gasteiger partial charge is 0.263 e. The Kier molecular flexibility index (Phi) is 3.94. The highest BCUT2D eigenvalue weighted by molar-refractivity contribution is 7.27. The Labute approximate surface area is 158 Å². The maximum Gasteiger partial charge on any atom is 0.263 e. The summed E-state index contributed by atoms with van der Waals surface area (Å²) in [6.45, 7) is 7.88. The number of aryl methyl sites for hydroxylation is 2. The van der Waals surface area contributed by atoms with Gasteiger partial charge in [-0.15, -0.1) is 34.0 Å². The molecule has 0 aromatic carbocycles. The summed E-state index contributed by atoms with van der Waals surface area (Å²) >= 11 is 4.90. The van der Waals surface area contributed by atoms with E-state index in [-0.39, 0.29) is 17.9 Å². The molecule has 0 bridgehead atoms. The Morgan fingerprint density at radius 2 is 1.20 bits per heavy atom. The van der Waals surface area contributed by atoms with Crippen LogP contribution < -0.4 is 0 Å². The van der Waals surface area contributed by atoms with Gasteiger partial charge in [-0.2, -0.15) is 0 Å². The monoisotopic (exact) mass is 387 g/mol. The average Bonchev–Trinajstić information content (AvgIpc) is 3.26. The minimum Gasteiger partial charge on any atom is -0.272 e. The van der Waals surface area contributed by atoms with E-state index in [4.69, 9.17) is 0 Å². The summed E-state index contributed by atoms with van der Waals surface area (Å²) in [4.78, 5) is 33.8. The largest absolute Gasteiger partial charge is 0.272 e. The predicted molar refractivity (Wildman–Crippen MR) is 106 cm³/mol. The van der Waals surface area contributed by atoms with Gasteiger partial charge in [0.05, 0.1) is 20.9 Å². The second kappa shape index (κ2) is 5.90. The van der Waals surface area contributed by atoms with Gasteiger partial charge in [0, 0.05) is 25.6 Å². The van der Waals surface area contributed by atoms with E-state index in [0.717, 1.165) is 19.5 Å². The Balaban J connectivity index is 1.99. The zero-order valence-electron chi connectivity index (χ0n) is 14.4. The van der Waals surface area contributed by atoms with Crippen LogP contribution in [0.1, 0.15) is 44.3 Å². The Bertz CT molecular complexity index is 931. The zero-order chi connectivity index (χ0) is 17.9. The molecule has 0 N–H and O–H groups in total. The van der Waals surface area contributed by atoms with E-state index >= 15 is 0 Å². The number of fused-ring (bicyclic) bond motifs is 1. The van der Waals surface area contributed by atoms with Crippen LogP contribution in [0.25, 0.3) is 19.5 Å². The van der Waals surface area contributed by atoms with Gasteiger partial charge in [-0.25, -0.2) is 0 Å². The minimum atomic E-state index is -0.160. The summed E-state index contributed by atoms with van der Waals surface area (Å²) in [5, 5.41) is 0. The lowest BCUT2D eigenvalue weighted by Gasteiger charge is -2.18. The summed E-state index contributed by atoms with van der Waals surface area (Å²) < 4.78 is 0. The first-order valence-corrected chi connectivity index (χ1v) is 10.5. The first-order valence-electron chi connectivity index (χ1n) is 8.06. The number of imide groups is 1. The molecule has 0 radical (unpaired) electrons. The van der Waals surface area contributed by atoms with E-state index < -0.39 is 0 Å². The van der Waals surface area contributed by atoms with Crippen molar-refractivity contribution < 1.29 is 9.59 Å². The zero-order valence-corrected chi connectivity index (χ0v) is 16.8. The quantitative estimate of drug-likeness (QED) is 0.531. The SMILES string of the molecule is Cc1ccc(-c2sc(-c3ccc(C)s3)c3c2C(=O)N(C(C)C)C3=O)s1. The minimum absolute atomic E-state index is 0.145. The van der Waals surface area contributed by atoms with Gasteiger partial charge in [0.2, 0.25) is 0 Å². The van der Waals surface area contributed by atoms with Crippen molar-refractivity contribution in [2.24, 2.45) is 0 Å². The maximum absolute atomic E-state index is 13.0. The van der Waals surface area contributed by atoms with Crippen molar-refractivity contribution in [2.45, 2.75) is 33.7 Å². The van der Waals surface area contributed by atoms with Gasteiger partial charge in [-0.05, 0) is 52.0 Å². The van der Waals surface area contributed by atoms with E-state index in [1.807, 2.05) is 26.0 Å². The van der Waals surface area contributed by atoms with Crippen molar-refractivity contribution in [3.8, 4) is 19.5 Å². The number of carbonyl (C=O) groups is 2. The van der Waals surface area contributed by atoms with Gasteiger partial charge < -0.3 is 0 Å². The van der Waals surface area contributed by atoms with E-state index in [1.54, 1.807) is 34.0 Å². The van der Waals surface area contributed by atoms with Gasteiger partial charge in [-0.1, -0.05) is 0 Å². The van der Waals surface area contributed by atoms with Crippen LogP contribution in [-0.4, -0.2) is 22.8 Å². The summed E-state index contributed by atoms with van der Waals surface area (Å²) in [6.07, 6.45) is 0. The molecule has 0 fully saturated rings. The van der Waals surface area contributed by atoms with Gasteiger partial charge >= 0.3 is 0 Å². The summed E-state index contributed by atoms with van der Waals surface area (Å²) in [7, 11) is 0. The molecule has 3 nitrogen and oxygen atoms in total. The van der Waals surface area contributed by atoms with Gasteiger partial charge in [0.15, 0.2) is 0 Å². The first kappa shape index (κ1) is 16.7. The number of thiophene rings is 3. The van der Waals surface area contributed by atoms with Crippen LogP contribution >= 0.6 is 34.0 Å². The number of hydrogen-bond acceptors (Lipinski definition) is 5. The molecule has 1 aliphatic rings. The van der Waals surface area contributed by atoms with Crippen LogP contribution in [0.15, 0.2) is 24.3 Å². The normalized spacial score (nSPS) is 14.0. The highest BCUT2D eigenvalue weighted by Gasteiger charge is 2.43. The molecular weight excluding hydrogens is 370 g/mol. The molecule has 0 atom stereocenters. The molecule has 0 unspecified atom stereocenters. The molecule has 0 saturated heterocycles. The molecule has 3 aromatic heterocycles. The number of nitrogens with zero attached hydrogens (tertiary/aromatic N) is 1. The first-order chi connectivity index (χ1) is 11.9. The summed E-state index contributed by atoms with van der Waals surface area (Å²) in [5.74, 6) is -0.321. The van der Waals surface area contributed by atoms with Crippen LogP contribution in [0.5, 0.6) is 0 Å². The lowest BCUT2D eigenvalue weighted by atomic mass is 10.1. The third-order valence-corrected chi connectivity index (χ3v) is 7.77. The fraction of sp³-hybridized carbons (Fsp3) is 0.263. The highest BCUT2D eigenvalue weighted by Crippen LogP contribution is 2.49. The van der Waals surface area contributed by atoms with Crippen LogP contribution in [0.4, 0.5) is 0 Å². The van der Waals surface area contributed by atoms with Crippen molar-refractivity contribution in [3.05, 3.63) is 45.1 Å². The standard InChI is InChI=1S/C19H17NO2S3/c1-9(2)20-18(21)14-15(19(20)22)17(13-8-6-11(4)24-13)25-16(14)12-7-5-10(3)23-12/h5-9H,1-4H3. The van der Waals surface area contributed by atoms with Crippen molar-refractivity contribution in [1.82, 2.24) is 4.90 Å². The lowest BCUT2D eigenvalue weighted by molar-refractivity contribution is 0.0609. The van der Waals surface area contributed by atoms with Crippen LogP contribution in [0.2, 0.25) is 0 Å². The average molecular weight is 388 g/mol. The molecule has 1 aliphatic heterocycles. The number of rotatable bonds is 3. The lowest BCUT2D eigenvalue weighted by Crippen LogP contribution is -2.36. The van der Waals surface area contributed by atoms with E-state index in [9.17, 15) is 9.59 Å². The Morgan fingerprint density at radius 1 is 0.760 bits per heavy atom. The molecule has 0 saturated carbocycles. The fourth-order valence-corrected chi connectivity index (χ4v) is 6.35. The molecule has 4 heterocycles. The molecule has 25 heavy (non-hydrogen) atoms. The van der Waals surface area contributed by atoms with Crippen molar-refractivity contribution in [1.29, 1.82) is 0 Å². The van der Waals surface area contributed by atoms with Gasteiger partial charge in [0.25, 0.3) is 11.8 Å². The molecule has 4 rings (SSSR count). The van der Waals surface area contributed by atoms with Crippen LogP contribution in [-0.2, 0) is 0 Å². The van der Waals surface area contributed by atoms with Crippen molar-refractivity contribution in [2.75, 3.05) is 0 Å². The predicted octanol–water partition coefficient (Wildman–Crippen LogP) is 5.83. The van der Waals surface area contributed by atoms with E-state index in [0.29, 0.717) is 11.1 Å². The summed E-state index contributed by atoms with van der Waals surface area (Å²) in [5.41, 5.74) is 1.18. The molecule has 0 spiro atoms. The van der Waals surface area contributed by atoms with E-state index in [1.165, 1.54) is 14.7 Å². The number of hydrogen-bond donors (Lipinski definition) is 0. The second-order valence-electron chi connectivity index (χ2n) is 6.40. The van der Waals surface area contributed by atoms with Crippen molar-refractivity contribution >= 4 is 45.8 Å². The fourth-order valence-electron chi connectivity index (χ4n) is 3.10. The molecular formula is C19H17NO2S3. The third kappa shape index (κ3) is 2.51. The molecule has 6 heteroatoms. The summed E-state index contributed by atoms with van der Waals surface area (Å²) in [6, 6.07) is 8.06. The highest BCUT2D eigenvalue weighted by atomic mass is 32.1. The van der Waals surface area contributed by atoms with Gasteiger partial charge in [-0.3, -0.25) is 14.5 Å². The maximum atomic E-state index is 13.0. The molecule has 2 amide bonds. The number of amides is 2. The molecule has 0 aliphatic carbocycles. The second-order valence-corrected chi connectivity index (χ2v) is 10.0. The molecule has 3 aromatic rings.